The van der Waals surface area contributed by atoms with Gasteiger partial charge >= 0.3 is 6.36 Å². The molecular formula is C17H19ClF3NO. The van der Waals surface area contributed by atoms with Crippen molar-refractivity contribution in [2.75, 3.05) is 0 Å². The smallest absolute Gasteiger partial charge is 0.405 e. The first-order chi connectivity index (χ1) is 10.3. The maximum Gasteiger partial charge on any atom is 0.573 e. The Morgan fingerprint density at radius 3 is 2.26 bits per heavy atom. The molecule has 0 atom stereocenters. The van der Waals surface area contributed by atoms with Gasteiger partial charge in [-0.05, 0) is 34.7 Å². The van der Waals surface area contributed by atoms with Crippen LogP contribution in [0.2, 0.25) is 0 Å². The van der Waals surface area contributed by atoms with Crippen LogP contribution in [-0.4, -0.2) is 6.36 Å². The van der Waals surface area contributed by atoms with Crippen LogP contribution in [-0.2, 0) is 6.54 Å². The van der Waals surface area contributed by atoms with Gasteiger partial charge in [0.25, 0.3) is 0 Å². The standard InChI is InChI=1S/C17H18F3NO.ClH/c1-11(2)12-4-3-5-13(8-12)14-6-7-16(15(9-14)10-21)22-17(18,19)20;/h3-9,11H,10,21H2,1-2H3;1H. The number of hydrogen-bond donors (Lipinski definition) is 1. The molecule has 0 aliphatic carbocycles. The minimum atomic E-state index is -4.72. The van der Waals surface area contributed by atoms with Gasteiger partial charge in [-0.2, -0.15) is 0 Å². The summed E-state index contributed by atoms with van der Waals surface area (Å²) in [6.07, 6.45) is -4.72. The Morgan fingerprint density at radius 2 is 1.70 bits per heavy atom. The van der Waals surface area contributed by atoms with Gasteiger partial charge in [0.2, 0.25) is 0 Å². The number of rotatable bonds is 4. The predicted molar refractivity (Wildman–Crippen MR) is 87.8 cm³/mol. The Kier molecular flexibility index (Phi) is 6.47. The van der Waals surface area contributed by atoms with Crippen LogP contribution in [0.25, 0.3) is 11.1 Å². The van der Waals surface area contributed by atoms with E-state index in [1.165, 1.54) is 11.6 Å². The third-order valence-corrected chi connectivity index (χ3v) is 3.39. The third kappa shape index (κ3) is 5.15. The number of nitrogens with two attached hydrogens (primary N) is 1. The largest absolute Gasteiger partial charge is 0.573 e. The van der Waals surface area contributed by atoms with E-state index in [2.05, 4.69) is 18.6 Å². The van der Waals surface area contributed by atoms with E-state index >= 15 is 0 Å². The molecule has 6 heteroatoms. The van der Waals surface area contributed by atoms with Crippen LogP contribution in [0.5, 0.6) is 5.75 Å². The molecule has 0 unspecified atom stereocenters. The average molecular weight is 346 g/mol. The molecule has 2 N–H and O–H groups in total. The second-order valence-corrected chi connectivity index (χ2v) is 5.35. The molecule has 0 amide bonds. The topological polar surface area (TPSA) is 35.2 Å². The van der Waals surface area contributed by atoms with Crippen LogP contribution < -0.4 is 10.5 Å². The molecule has 0 bridgehead atoms. The molecule has 0 spiro atoms. The van der Waals surface area contributed by atoms with Crippen molar-refractivity contribution in [2.45, 2.75) is 32.7 Å². The number of alkyl halides is 3. The van der Waals surface area contributed by atoms with Gasteiger partial charge in [0.05, 0.1) is 0 Å². The number of halogens is 4. The Morgan fingerprint density at radius 1 is 1.04 bits per heavy atom. The van der Waals surface area contributed by atoms with E-state index in [1.54, 1.807) is 12.1 Å². The van der Waals surface area contributed by atoms with Gasteiger partial charge in [0, 0.05) is 12.1 Å². The van der Waals surface area contributed by atoms with Gasteiger partial charge < -0.3 is 10.5 Å². The van der Waals surface area contributed by atoms with Crippen molar-refractivity contribution in [2.24, 2.45) is 5.73 Å². The van der Waals surface area contributed by atoms with Crippen LogP contribution in [0.4, 0.5) is 13.2 Å². The van der Waals surface area contributed by atoms with Gasteiger partial charge in [-0.1, -0.05) is 44.2 Å². The summed E-state index contributed by atoms with van der Waals surface area (Å²) in [6.45, 7) is 4.15. The number of hydrogen-bond acceptors (Lipinski definition) is 2. The molecule has 0 saturated carbocycles. The number of ether oxygens (including phenoxy) is 1. The van der Waals surface area contributed by atoms with Crippen molar-refractivity contribution < 1.29 is 17.9 Å². The van der Waals surface area contributed by atoms with Crippen molar-refractivity contribution in [3.8, 4) is 16.9 Å². The van der Waals surface area contributed by atoms with Crippen LogP contribution in [0.15, 0.2) is 42.5 Å². The molecule has 23 heavy (non-hydrogen) atoms. The minimum absolute atomic E-state index is 0. The summed E-state index contributed by atoms with van der Waals surface area (Å²) in [4.78, 5) is 0. The molecule has 0 fully saturated rings. The first kappa shape index (κ1) is 19.3. The van der Waals surface area contributed by atoms with Crippen molar-refractivity contribution >= 4 is 12.4 Å². The molecule has 2 nitrogen and oxygen atoms in total. The SMILES string of the molecule is CC(C)c1cccc(-c2ccc(OC(F)(F)F)c(CN)c2)c1.Cl. The van der Waals surface area contributed by atoms with Crippen molar-refractivity contribution in [1.82, 2.24) is 0 Å². The van der Waals surface area contributed by atoms with E-state index in [9.17, 15) is 13.2 Å². The zero-order chi connectivity index (χ0) is 16.3. The molecule has 2 aromatic rings. The van der Waals surface area contributed by atoms with Crippen molar-refractivity contribution in [3.05, 3.63) is 53.6 Å². The lowest BCUT2D eigenvalue weighted by molar-refractivity contribution is -0.274. The molecule has 0 heterocycles. The summed E-state index contributed by atoms with van der Waals surface area (Å²) in [5.74, 6) is 0.125. The van der Waals surface area contributed by atoms with Gasteiger partial charge in [-0.25, -0.2) is 0 Å². The Bertz CT molecular complexity index is 657. The predicted octanol–water partition coefficient (Wildman–Crippen LogP) is 5.26. The highest BCUT2D eigenvalue weighted by Crippen LogP contribution is 2.31. The highest BCUT2D eigenvalue weighted by Gasteiger charge is 2.32. The first-order valence-corrected chi connectivity index (χ1v) is 6.99. The fraction of sp³-hybridized carbons (Fsp3) is 0.294. The molecule has 0 aliphatic heterocycles. The zero-order valence-corrected chi connectivity index (χ0v) is 13.7. The van der Waals surface area contributed by atoms with Crippen molar-refractivity contribution in [1.29, 1.82) is 0 Å². The van der Waals surface area contributed by atoms with E-state index in [0.29, 0.717) is 11.5 Å². The fourth-order valence-corrected chi connectivity index (χ4v) is 2.22. The lowest BCUT2D eigenvalue weighted by atomic mass is 9.96. The molecule has 0 saturated heterocycles. The molecular weight excluding hydrogens is 327 g/mol. The monoisotopic (exact) mass is 345 g/mol. The Balaban J connectivity index is 0.00000264. The summed E-state index contributed by atoms with van der Waals surface area (Å²) < 4.78 is 41.1. The van der Waals surface area contributed by atoms with Gasteiger partial charge in [-0.15, -0.1) is 25.6 Å². The van der Waals surface area contributed by atoms with E-state index in [0.717, 1.165) is 11.1 Å². The van der Waals surface area contributed by atoms with E-state index in [1.807, 2.05) is 24.3 Å². The summed E-state index contributed by atoms with van der Waals surface area (Å²) >= 11 is 0. The minimum Gasteiger partial charge on any atom is -0.405 e. The lowest BCUT2D eigenvalue weighted by Gasteiger charge is -2.14. The van der Waals surface area contributed by atoms with Gasteiger partial charge in [0.1, 0.15) is 5.75 Å². The quantitative estimate of drug-likeness (QED) is 0.820. The summed E-state index contributed by atoms with van der Waals surface area (Å²) in [7, 11) is 0. The molecule has 0 aromatic heterocycles. The van der Waals surface area contributed by atoms with Crippen LogP contribution in [0.3, 0.4) is 0 Å². The lowest BCUT2D eigenvalue weighted by Crippen LogP contribution is -2.18. The molecule has 0 aliphatic rings. The van der Waals surface area contributed by atoms with Crippen LogP contribution in [0, 0.1) is 0 Å². The second kappa shape index (κ2) is 7.70. The number of benzene rings is 2. The summed E-state index contributed by atoms with van der Waals surface area (Å²) in [5.41, 5.74) is 8.80. The van der Waals surface area contributed by atoms with Gasteiger partial charge in [-0.3, -0.25) is 0 Å². The third-order valence-electron chi connectivity index (χ3n) is 3.39. The van der Waals surface area contributed by atoms with Crippen LogP contribution >= 0.6 is 12.4 Å². The zero-order valence-electron chi connectivity index (χ0n) is 12.9. The van der Waals surface area contributed by atoms with E-state index in [4.69, 9.17) is 5.73 Å². The Labute approximate surface area is 139 Å². The molecule has 2 rings (SSSR count). The normalized spacial score (nSPS) is 11.3. The molecule has 126 valence electrons. The van der Waals surface area contributed by atoms with Gasteiger partial charge in [0.15, 0.2) is 0 Å². The highest BCUT2D eigenvalue weighted by molar-refractivity contribution is 5.85. The summed E-state index contributed by atoms with van der Waals surface area (Å²) in [6, 6.07) is 12.5. The average Bonchev–Trinajstić information content (AvgIpc) is 2.46. The maximum atomic E-state index is 12.4. The summed E-state index contributed by atoms with van der Waals surface area (Å²) in [5, 5.41) is 0. The van der Waals surface area contributed by atoms with Crippen molar-refractivity contribution in [3.63, 3.8) is 0 Å². The maximum absolute atomic E-state index is 12.4. The first-order valence-electron chi connectivity index (χ1n) is 6.99. The molecule has 2 aromatic carbocycles. The van der Waals surface area contributed by atoms with E-state index in [-0.39, 0.29) is 24.7 Å². The molecule has 0 radical (unpaired) electrons. The van der Waals surface area contributed by atoms with Crippen LogP contribution in [0.1, 0.15) is 30.9 Å². The fourth-order valence-electron chi connectivity index (χ4n) is 2.22. The highest BCUT2D eigenvalue weighted by atomic mass is 35.5. The second-order valence-electron chi connectivity index (χ2n) is 5.35. The Hall–Kier alpha value is -1.72. The van der Waals surface area contributed by atoms with E-state index < -0.39 is 6.36 Å².